The number of benzene rings is 2. The molecule has 6 rings (SSSR count). The van der Waals surface area contributed by atoms with E-state index in [-0.39, 0.29) is 36.9 Å². The first-order valence-corrected chi connectivity index (χ1v) is 16.3. The normalized spacial score (nSPS) is 19.0. The molecule has 0 bridgehead atoms. The number of hydrogen-bond donors (Lipinski definition) is 1. The van der Waals surface area contributed by atoms with Gasteiger partial charge in [0.15, 0.2) is 5.69 Å². The number of likely N-dealkylation sites (tertiary alicyclic amines) is 1. The number of carbonyl (C=O) groups excluding carboxylic acids is 2. The van der Waals surface area contributed by atoms with Crippen LogP contribution in [0.1, 0.15) is 98.9 Å². The Labute approximate surface area is 270 Å². The van der Waals surface area contributed by atoms with Crippen molar-refractivity contribution in [2.45, 2.75) is 95.4 Å². The molecule has 1 aromatic heterocycles. The zero-order chi connectivity index (χ0) is 32.6. The summed E-state index contributed by atoms with van der Waals surface area (Å²) < 4.78 is 13.5. The maximum absolute atomic E-state index is 14.2. The molecule has 0 radical (unpaired) electrons. The van der Waals surface area contributed by atoms with Crippen molar-refractivity contribution in [1.29, 1.82) is 0 Å². The predicted molar refractivity (Wildman–Crippen MR) is 173 cm³/mol. The van der Waals surface area contributed by atoms with Gasteiger partial charge in [0.25, 0.3) is 0 Å². The van der Waals surface area contributed by atoms with Gasteiger partial charge in [0.1, 0.15) is 12.2 Å². The second-order valence-corrected chi connectivity index (χ2v) is 13.9. The molecule has 3 aromatic rings. The Morgan fingerprint density at radius 2 is 1.63 bits per heavy atom. The Morgan fingerprint density at radius 1 is 1.00 bits per heavy atom. The second kappa shape index (κ2) is 12.5. The number of piperidine rings is 1. The van der Waals surface area contributed by atoms with Crippen molar-refractivity contribution < 1.29 is 29.0 Å². The smallest absolute Gasteiger partial charge is 0.410 e. The maximum Gasteiger partial charge on any atom is 0.410 e. The van der Waals surface area contributed by atoms with E-state index in [9.17, 15) is 19.5 Å². The first kappa shape index (κ1) is 31.6. The van der Waals surface area contributed by atoms with Crippen molar-refractivity contribution in [3.63, 3.8) is 0 Å². The van der Waals surface area contributed by atoms with Gasteiger partial charge < -0.3 is 19.5 Å². The molecule has 1 saturated carbocycles. The minimum absolute atomic E-state index is 0.0755. The number of carbonyl (C=O) groups is 3. The molecule has 2 aromatic carbocycles. The summed E-state index contributed by atoms with van der Waals surface area (Å²) in [5.41, 5.74) is 4.05. The van der Waals surface area contributed by atoms with E-state index in [1.54, 1.807) is 11.9 Å². The molecular formula is C36H44N4O6. The third kappa shape index (κ3) is 6.22. The lowest BCUT2D eigenvalue weighted by atomic mass is 9.73. The summed E-state index contributed by atoms with van der Waals surface area (Å²) in [5, 5.41) is 13.7. The number of aromatic carboxylic acids is 1. The van der Waals surface area contributed by atoms with Gasteiger partial charge in [-0.3, -0.25) is 9.58 Å². The molecule has 46 heavy (non-hydrogen) atoms. The van der Waals surface area contributed by atoms with Gasteiger partial charge in [0, 0.05) is 31.1 Å². The molecule has 2 aliphatic carbocycles. The van der Waals surface area contributed by atoms with Gasteiger partial charge in [-0.2, -0.15) is 5.10 Å². The molecule has 2 amide bonds. The Bertz CT molecular complexity index is 1570. The van der Waals surface area contributed by atoms with Crippen molar-refractivity contribution in [3.8, 4) is 11.1 Å². The number of aryl methyl sites for hydroxylation is 1. The average Bonchev–Trinajstić information content (AvgIpc) is 3.55. The van der Waals surface area contributed by atoms with Crippen molar-refractivity contribution in [2.75, 3.05) is 13.2 Å². The fourth-order valence-electron chi connectivity index (χ4n) is 7.67. The molecule has 3 aliphatic rings. The van der Waals surface area contributed by atoms with E-state index in [1.165, 1.54) is 10.7 Å². The zero-order valence-electron chi connectivity index (χ0n) is 27.2. The summed E-state index contributed by atoms with van der Waals surface area (Å²) in [5.74, 6) is -1.21. The van der Waals surface area contributed by atoms with Gasteiger partial charge in [-0.15, -0.1) is 0 Å². The standard InChI is InChI=1S/C36H44N4O6/c1-35(2,3)46-34(44)40-19-16-24(21-36(40)17-10-5-11-18-36)39(22-25-20-31(32(41)42)37-38(25)4)33(43)45-23-30-28-14-8-6-12-26(28)27-13-7-9-15-29(27)30/h6-9,12-15,20,24,30H,5,10-11,16-19,21-23H2,1-4H3,(H,41,42). The van der Waals surface area contributed by atoms with E-state index < -0.39 is 23.2 Å². The summed E-state index contributed by atoms with van der Waals surface area (Å²) in [6.07, 6.45) is 5.18. The molecule has 1 atom stereocenters. The Balaban J connectivity index is 1.28. The molecule has 1 unspecified atom stereocenters. The van der Waals surface area contributed by atoms with Crippen LogP contribution in [0, 0.1) is 0 Å². The van der Waals surface area contributed by atoms with Gasteiger partial charge in [0.2, 0.25) is 0 Å². The van der Waals surface area contributed by atoms with Crippen molar-refractivity contribution in [1.82, 2.24) is 19.6 Å². The zero-order valence-corrected chi connectivity index (χ0v) is 27.2. The van der Waals surface area contributed by atoms with Crippen LogP contribution in [0.15, 0.2) is 54.6 Å². The summed E-state index contributed by atoms with van der Waals surface area (Å²) in [6, 6.07) is 17.7. The van der Waals surface area contributed by atoms with E-state index in [4.69, 9.17) is 9.47 Å². The lowest BCUT2D eigenvalue weighted by molar-refractivity contribution is -0.0461. The Hall–Kier alpha value is -4.34. The lowest BCUT2D eigenvalue weighted by Crippen LogP contribution is -2.62. The maximum atomic E-state index is 14.2. The average molecular weight is 629 g/mol. The fourth-order valence-corrected chi connectivity index (χ4v) is 7.67. The van der Waals surface area contributed by atoms with E-state index >= 15 is 0 Å². The highest BCUT2D eigenvalue weighted by Gasteiger charge is 2.48. The highest BCUT2D eigenvalue weighted by atomic mass is 16.6. The number of fused-ring (bicyclic) bond motifs is 3. The number of carboxylic acids is 1. The molecule has 1 saturated heterocycles. The fraction of sp³-hybridized carbons (Fsp3) is 0.500. The number of rotatable bonds is 6. The molecule has 1 aliphatic heterocycles. The van der Waals surface area contributed by atoms with Crippen LogP contribution >= 0.6 is 0 Å². The number of nitrogens with zero attached hydrogens (tertiary/aromatic N) is 4. The van der Waals surface area contributed by atoms with Crippen LogP contribution in [-0.2, 0) is 23.1 Å². The van der Waals surface area contributed by atoms with E-state index in [2.05, 4.69) is 29.4 Å². The van der Waals surface area contributed by atoms with Crippen LogP contribution in [0.4, 0.5) is 9.59 Å². The minimum atomic E-state index is -1.12. The SMILES string of the molecule is Cn1nc(C(=O)O)cc1CN(C(=O)OCC1c2ccccc2-c2ccccc21)C1CCN(C(=O)OC(C)(C)C)C2(CCCCC2)C1. The highest BCUT2D eigenvalue weighted by Crippen LogP contribution is 2.45. The van der Waals surface area contributed by atoms with Crippen molar-refractivity contribution >= 4 is 18.2 Å². The summed E-state index contributed by atoms with van der Waals surface area (Å²) >= 11 is 0. The number of carboxylic acid groups (broad SMARTS) is 1. The number of hydrogen-bond acceptors (Lipinski definition) is 6. The first-order chi connectivity index (χ1) is 22.0. The van der Waals surface area contributed by atoms with Crippen LogP contribution in [0.25, 0.3) is 11.1 Å². The largest absolute Gasteiger partial charge is 0.476 e. The topological polar surface area (TPSA) is 114 Å². The molecular weight excluding hydrogens is 584 g/mol. The minimum Gasteiger partial charge on any atom is -0.476 e. The molecule has 10 nitrogen and oxygen atoms in total. The van der Waals surface area contributed by atoms with Gasteiger partial charge in [-0.05, 0) is 74.8 Å². The number of amides is 2. The molecule has 2 heterocycles. The highest BCUT2D eigenvalue weighted by molar-refractivity contribution is 5.85. The summed E-state index contributed by atoms with van der Waals surface area (Å²) in [6.45, 7) is 6.41. The van der Waals surface area contributed by atoms with E-state index in [0.29, 0.717) is 25.1 Å². The predicted octanol–water partition coefficient (Wildman–Crippen LogP) is 6.97. The number of ether oxygens (including phenoxy) is 2. The molecule has 10 heteroatoms. The van der Waals surface area contributed by atoms with Gasteiger partial charge in [0.05, 0.1) is 12.2 Å². The van der Waals surface area contributed by atoms with Gasteiger partial charge in [-0.1, -0.05) is 67.8 Å². The Morgan fingerprint density at radius 3 is 2.22 bits per heavy atom. The first-order valence-electron chi connectivity index (χ1n) is 16.3. The quantitative estimate of drug-likeness (QED) is 0.314. The summed E-state index contributed by atoms with van der Waals surface area (Å²) in [4.78, 5) is 43.0. The van der Waals surface area contributed by atoms with E-state index in [0.717, 1.165) is 54.4 Å². The van der Waals surface area contributed by atoms with Crippen molar-refractivity contribution in [2.24, 2.45) is 7.05 Å². The second-order valence-electron chi connectivity index (χ2n) is 13.9. The number of aromatic nitrogens is 2. The summed E-state index contributed by atoms with van der Waals surface area (Å²) in [7, 11) is 1.69. The van der Waals surface area contributed by atoms with Crippen LogP contribution in [0.5, 0.6) is 0 Å². The van der Waals surface area contributed by atoms with Gasteiger partial charge >= 0.3 is 18.2 Å². The third-order valence-electron chi connectivity index (χ3n) is 9.81. The monoisotopic (exact) mass is 628 g/mol. The molecule has 1 spiro atoms. The van der Waals surface area contributed by atoms with Crippen molar-refractivity contribution in [3.05, 3.63) is 77.1 Å². The van der Waals surface area contributed by atoms with Gasteiger partial charge in [-0.25, -0.2) is 14.4 Å². The Kier molecular flexibility index (Phi) is 8.56. The molecule has 1 N–H and O–H groups in total. The third-order valence-corrected chi connectivity index (χ3v) is 9.81. The van der Waals surface area contributed by atoms with Crippen LogP contribution in [0.2, 0.25) is 0 Å². The van der Waals surface area contributed by atoms with Crippen LogP contribution in [-0.4, -0.2) is 73.2 Å². The molecule has 2 fully saturated rings. The van der Waals surface area contributed by atoms with E-state index in [1.807, 2.05) is 49.9 Å². The van der Waals surface area contributed by atoms with Crippen LogP contribution in [0.3, 0.4) is 0 Å². The van der Waals surface area contributed by atoms with Crippen LogP contribution < -0.4 is 0 Å². The lowest BCUT2D eigenvalue weighted by Gasteiger charge is -2.53. The molecule has 244 valence electrons.